The van der Waals surface area contributed by atoms with Crippen molar-refractivity contribution in [3.8, 4) is 50.2 Å². The third-order valence-corrected chi connectivity index (χ3v) is 14.3. The van der Waals surface area contributed by atoms with E-state index in [9.17, 15) is 0 Å². The number of para-hydroxylation sites is 3. The molecule has 0 radical (unpaired) electrons. The summed E-state index contributed by atoms with van der Waals surface area (Å²) in [4.78, 5) is 2.43. The highest BCUT2D eigenvalue weighted by molar-refractivity contribution is 6.09. The zero-order valence-corrected chi connectivity index (χ0v) is 38.0. The third-order valence-electron chi connectivity index (χ3n) is 14.3. The van der Waals surface area contributed by atoms with E-state index >= 15 is 0 Å². The highest BCUT2D eigenvalue weighted by Crippen LogP contribution is 2.57. The molecule has 12 aromatic rings. The predicted molar refractivity (Wildman–Crippen MR) is 289 cm³/mol. The summed E-state index contributed by atoms with van der Waals surface area (Å²) in [7, 11) is 0. The Balaban J connectivity index is 0.918. The third kappa shape index (κ3) is 6.64. The molecule has 0 atom stereocenters. The smallest absolute Gasteiger partial charge is 0.0714 e. The lowest BCUT2D eigenvalue weighted by atomic mass is 9.67. The lowest BCUT2D eigenvalue weighted by molar-refractivity contribution is 0.768. The molecule has 324 valence electrons. The summed E-state index contributed by atoms with van der Waals surface area (Å²) in [6.45, 7) is 0. The molecule has 0 saturated heterocycles. The van der Waals surface area contributed by atoms with Gasteiger partial charge in [0.2, 0.25) is 0 Å². The Bertz CT molecular complexity index is 3720. The molecule has 1 aliphatic rings. The first kappa shape index (κ1) is 40.3. The zero-order valence-electron chi connectivity index (χ0n) is 38.0. The Morgan fingerprint density at radius 1 is 0.275 bits per heavy atom. The van der Waals surface area contributed by atoms with Crippen molar-refractivity contribution in [2.45, 2.75) is 5.41 Å². The van der Waals surface area contributed by atoms with Crippen LogP contribution in [0.3, 0.4) is 0 Å². The van der Waals surface area contributed by atoms with E-state index in [0.717, 1.165) is 22.6 Å². The molecule has 0 N–H and O–H groups in total. The first-order valence-corrected chi connectivity index (χ1v) is 23.8. The monoisotopic (exact) mass is 878 g/mol. The van der Waals surface area contributed by atoms with E-state index < -0.39 is 5.41 Å². The fourth-order valence-corrected chi connectivity index (χ4v) is 11.2. The van der Waals surface area contributed by atoms with Crippen molar-refractivity contribution in [3.05, 3.63) is 301 Å². The molecule has 0 unspecified atom stereocenters. The second-order valence-corrected chi connectivity index (χ2v) is 18.0. The number of fused-ring (bicyclic) bond motifs is 6. The normalized spacial score (nSPS) is 12.5. The molecule has 0 fully saturated rings. The molecule has 1 aliphatic carbocycles. The first-order chi connectivity index (χ1) is 34.2. The maximum absolute atomic E-state index is 2.45. The van der Waals surface area contributed by atoms with Crippen molar-refractivity contribution < 1.29 is 0 Å². The SMILES string of the molecule is c1ccc(-c2cccc(N(c3ccc(-c4ccc(-c5ccccc5-n5c6ccccc6c6ccccc65)cc4)cc3)c3ccc4c(c3)C(c3ccccc3)(c3ccccc3)c3ccccc3-4)c2)cc1. The van der Waals surface area contributed by atoms with Crippen LogP contribution in [0.2, 0.25) is 0 Å². The highest BCUT2D eigenvalue weighted by Gasteiger charge is 2.46. The number of hydrogen-bond acceptors (Lipinski definition) is 1. The molecule has 2 heteroatoms. The largest absolute Gasteiger partial charge is 0.310 e. The summed E-state index contributed by atoms with van der Waals surface area (Å²) in [5.41, 5.74) is 21.0. The molecular weight excluding hydrogens is 833 g/mol. The van der Waals surface area contributed by atoms with Crippen LogP contribution in [0, 0.1) is 0 Å². The Labute approximate surface area is 403 Å². The molecule has 0 aliphatic heterocycles. The number of nitrogens with zero attached hydrogens (tertiary/aromatic N) is 2. The van der Waals surface area contributed by atoms with Crippen LogP contribution in [-0.2, 0) is 5.41 Å². The van der Waals surface area contributed by atoms with E-state index in [0.29, 0.717) is 0 Å². The van der Waals surface area contributed by atoms with Gasteiger partial charge in [0, 0.05) is 33.4 Å². The van der Waals surface area contributed by atoms with Gasteiger partial charge in [-0.1, -0.05) is 224 Å². The van der Waals surface area contributed by atoms with E-state index in [1.54, 1.807) is 0 Å². The van der Waals surface area contributed by atoms with Crippen LogP contribution in [0.25, 0.3) is 72.0 Å². The Morgan fingerprint density at radius 3 is 1.41 bits per heavy atom. The maximum atomic E-state index is 2.45. The Kier molecular flexibility index (Phi) is 9.77. The van der Waals surface area contributed by atoms with Gasteiger partial charge in [-0.3, -0.25) is 0 Å². The van der Waals surface area contributed by atoms with Gasteiger partial charge in [0.1, 0.15) is 0 Å². The fraction of sp³-hybridized carbons (Fsp3) is 0.0149. The molecule has 0 amide bonds. The van der Waals surface area contributed by atoms with E-state index in [4.69, 9.17) is 0 Å². The van der Waals surface area contributed by atoms with Crippen LogP contribution in [0.15, 0.2) is 279 Å². The van der Waals surface area contributed by atoms with Gasteiger partial charge in [0.15, 0.2) is 0 Å². The average molecular weight is 879 g/mol. The highest BCUT2D eigenvalue weighted by atomic mass is 15.1. The molecule has 0 bridgehead atoms. The lowest BCUT2D eigenvalue weighted by Gasteiger charge is -2.35. The van der Waals surface area contributed by atoms with Crippen LogP contribution in [0.5, 0.6) is 0 Å². The van der Waals surface area contributed by atoms with E-state index in [-0.39, 0.29) is 0 Å². The van der Waals surface area contributed by atoms with Crippen molar-refractivity contribution in [3.63, 3.8) is 0 Å². The van der Waals surface area contributed by atoms with Gasteiger partial charge in [-0.2, -0.15) is 0 Å². The first-order valence-electron chi connectivity index (χ1n) is 23.8. The summed E-state index contributed by atoms with van der Waals surface area (Å²) in [5, 5.41) is 2.52. The van der Waals surface area contributed by atoms with Gasteiger partial charge in [-0.15, -0.1) is 0 Å². The Morgan fingerprint density at radius 2 is 0.739 bits per heavy atom. The molecule has 0 saturated carbocycles. The molecule has 11 aromatic carbocycles. The van der Waals surface area contributed by atoms with Crippen LogP contribution in [0.1, 0.15) is 22.3 Å². The number of rotatable bonds is 9. The van der Waals surface area contributed by atoms with Crippen LogP contribution >= 0.6 is 0 Å². The second-order valence-electron chi connectivity index (χ2n) is 18.0. The second kappa shape index (κ2) is 16.7. The summed E-state index contributed by atoms with van der Waals surface area (Å²) in [6.07, 6.45) is 0. The molecule has 13 rings (SSSR count). The molecule has 1 aromatic heterocycles. The topological polar surface area (TPSA) is 8.17 Å². The number of hydrogen-bond donors (Lipinski definition) is 0. The minimum Gasteiger partial charge on any atom is -0.310 e. The molecule has 69 heavy (non-hydrogen) atoms. The Hall–Kier alpha value is -8.98. The maximum Gasteiger partial charge on any atom is 0.0714 e. The summed E-state index contributed by atoms with van der Waals surface area (Å²) < 4.78 is 2.41. The number of anilines is 3. The molecular formula is C67H46N2. The van der Waals surface area contributed by atoms with Crippen molar-refractivity contribution in [2.75, 3.05) is 4.90 Å². The molecule has 1 heterocycles. The average Bonchev–Trinajstić information content (AvgIpc) is 3.92. The van der Waals surface area contributed by atoms with Crippen molar-refractivity contribution >= 4 is 38.9 Å². The molecule has 0 spiro atoms. The lowest BCUT2D eigenvalue weighted by Crippen LogP contribution is -2.28. The van der Waals surface area contributed by atoms with Gasteiger partial charge < -0.3 is 9.47 Å². The van der Waals surface area contributed by atoms with Crippen LogP contribution in [0.4, 0.5) is 17.1 Å². The molecule has 2 nitrogen and oxygen atoms in total. The van der Waals surface area contributed by atoms with E-state index in [2.05, 4.69) is 289 Å². The minimum absolute atomic E-state index is 0.512. The minimum atomic E-state index is -0.512. The quantitative estimate of drug-likeness (QED) is 0.140. The summed E-state index contributed by atoms with van der Waals surface area (Å²) in [5.74, 6) is 0. The van der Waals surface area contributed by atoms with Gasteiger partial charge >= 0.3 is 0 Å². The van der Waals surface area contributed by atoms with Crippen LogP contribution < -0.4 is 4.90 Å². The van der Waals surface area contributed by atoms with Crippen molar-refractivity contribution in [1.29, 1.82) is 0 Å². The predicted octanol–water partition coefficient (Wildman–Crippen LogP) is 17.6. The summed E-state index contributed by atoms with van der Waals surface area (Å²) in [6, 6.07) is 102. The standard InChI is InChI=1S/C67H46N2/c1-4-19-47(20-5-1)51-21-18-26-55(45-51)68(56-43-44-59-58-28-10-14-31-62(58)67(63(59)46-56,52-22-6-2-7-23-52)53-24-8-3-9-25-53)54-41-39-49(40-42-54)48-35-37-50(38-36-48)57-27-11-15-32-64(57)69-65-33-16-12-29-60(65)61-30-13-17-34-66(61)69/h1-46H. The van der Waals surface area contributed by atoms with Gasteiger partial charge in [-0.25, -0.2) is 0 Å². The summed E-state index contributed by atoms with van der Waals surface area (Å²) >= 11 is 0. The number of aromatic nitrogens is 1. The van der Waals surface area contributed by atoms with Crippen molar-refractivity contribution in [1.82, 2.24) is 4.57 Å². The van der Waals surface area contributed by atoms with E-state index in [1.807, 2.05) is 0 Å². The van der Waals surface area contributed by atoms with Crippen molar-refractivity contribution in [2.24, 2.45) is 0 Å². The zero-order chi connectivity index (χ0) is 45.7. The van der Waals surface area contributed by atoms with Gasteiger partial charge in [0.25, 0.3) is 0 Å². The number of benzene rings is 11. The van der Waals surface area contributed by atoms with Gasteiger partial charge in [0.05, 0.1) is 22.1 Å². The fourth-order valence-electron chi connectivity index (χ4n) is 11.2. The van der Waals surface area contributed by atoms with E-state index in [1.165, 1.54) is 88.7 Å². The van der Waals surface area contributed by atoms with Gasteiger partial charge in [-0.05, 0) is 116 Å². The van der Waals surface area contributed by atoms with Crippen LogP contribution in [-0.4, -0.2) is 4.57 Å².